The van der Waals surface area contributed by atoms with Crippen LogP contribution in [0.3, 0.4) is 0 Å². The second kappa shape index (κ2) is 10.8. The van der Waals surface area contributed by atoms with Crippen LogP contribution < -0.4 is 10.1 Å². The summed E-state index contributed by atoms with van der Waals surface area (Å²) in [6.45, 7) is 4.26. The van der Waals surface area contributed by atoms with Crippen LogP contribution in [0, 0.1) is 11.3 Å². The summed E-state index contributed by atoms with van der Waals surface area (Å²) < 4.78 is 5.70. The third-order valence-electron chi connectivity index (χ3n) is 6.29. The lowest BCUT2D eigenvalue weighted by molar-refractivity contribution is 0.0289. The van der Waals surface area contributed by atoms with Gasteiger partial charge in [0.2, 0.25) is 0 Å². The molecule has 154 valence electrons. The molecule has 0 spiro atoms. The van der Waals surface area contributed by atoms with Gasteiger partial charge in [-0.1, -0.05) is 37.8 Å². The van der Waals surface area contributed by atoms with Gasteiger partial charge >= 0.3 is 0 Å². The van der Waals surface area contributed by atoms with Crippen LogP contribution in [0.4, 0.5) is 0 Å². The van der Waals surface area contributed by atoms with Gasteiger partial charge < -0.3 is 15.2 Å². The van der Waals surface area contributed by atoms with Crippen molar-refractivity contribution < 1.29 is 9.84 Å². The largest absolute Gasteiger partial charge is 0.491 e. The molecule has 1 saturated carbocycles. The van der Waals surface area contributed by atoms with Gasteiger partial charge in [-0.25, -0.2) is 0 Å². The number of aliphatic hydroxyl groups excluding tert-OH is 1. The molecular formula is C23H35N3O2. The van der Waals surface area contributed by atoms with Crippen molar-refractivity contribution in [2.75, 3.05) is 32.8 Å². The highest BCUT2D eigenvalue weighted by Crippen LogP contribution is 2.35. The standard InChI is InChI=1S/C23H35N3O2/c24-14-11-20-7-9-22(10-8-20)28-18-21(27)17-25-19-23(12-3-1-4-13-23)26-15-5-2-6-16-26/h7-10,21,25,27H,1-6,11-13,15-19H2/t21-/m1/s1. The molecule has 1 aliphatic carbocycles. The normalized spacial score (nSPS) is 21.0. The first-order chi connectivity index (χ1) is 13.7. The maximum absolute atomic E-state index is 10.3. The Morgan fingerprint density at radius 1 is 1.07 bits per heavy atom. The summed E-state index contributed by atoms with van der Waals surface area (Å²) in [6.07, 6.45) is 10.5. The van der Waals surface area contributed by atoms with Crippen LogP contribution in [0.1, 0.15) is 56.9 Å². The molecule has 1 heterocycles. The molecule has 2 aliphatic rings. The molecular weight excluding hydrogens is 350 g/mol. The van der Waals surface area contributed by atoms with E-state index in [-0.39, 0.29) is 12.1 Å². The zero-order valence-corrected chi connectivity index (χ0v) is 17.0. The predicted molar refractivity (Wildman–Crippen MR) is 111 cm³/mol. The van der Waals surface area contributed by atoms with Crippen molar-refractivity contribution in [1.82, 2.24) is 10.2 Å². The van der Waals surface area contributed by atoms with Crippen LogP contribution in [0.2, 0.25) is 0 Å². The van der Waals surface area contributed by atoms with E-state index in [0.717, 1.165) is 17.9 Å². The van der Waals surface area contributed by atoms with Gasteiger partial charge in [-0.2, -0.15) is 5.26 Å². The van der Waals surface area contributed by atoms with Gasteiger partial charge in [-0.3, -0.25) is 4.90 Å². The van der Waals surface area contributed by atoms with Gasteiger partial charge in [0.15, 0.2) is 0 Å². The Labute approximate surface area is 169 Å². The second-order valence-electron chi connectivity index (χ2n) is 8.41. The first kappa shape index (κ1) is 21.1. The van der Waals surface area contributed by atoms with E-state index in [9.17, 15) is 5.11 Å². The van der Waals surface area contributed by atoms with E-state index in [1.807, 2.05) is 24.3 Å². The average molecular weight is 386 g/mol. The lowest BCUT2D eigenvalue weighted by Gasteiger charge is -2.48. The maximum atomic E-state index is 10.3. The van der Waals surface area contributed by atoms with E-state index >= 15 is 0 Å². The van der Waals surface area contributed by atoms with Gasteiger partial charge in [0.1, 0.15) is 18.5 Å². The van der Waals surface area contributed by atoms with Crippen LogP contribution in [0.15, 0.2) is 24.3 Å². The Hall–Kier alpha value is -1.61. The van der Waals surface area contributed by atoms with E-state index in [1.165, 1.54) is 64.5 Å². The van der Waals surface area contributed by atoms with Crippen LogP contribution in [-0.2, 0) is 6.42 Å². The first-order valence-electron chi connectivity index (χ1n) is 10.9. The molecule has 1 aromatic rings. The lowest BCUT2D eigenvalue weighted by Crippen LogP contribution is -2.58. The molecule has 1 saturated heterocycles. The summed E-state index contributed by atoms with van der Waals surface area (Å²) in [5, 5.41) is 22.6. The molecule has 0 aromatic heterocycles. The Morgan fingerprint density at radius 3 is 2.43 bits per heavy atom. The predicted octanol–water partition coefficient (Wildman–Crippen LogP) is 3.27. The van der Waals surface area contributed by atoms with Crippen molar-refractivity contribution in [3.05, 3.63) is 29.8 Å². The minimum Gasteiger partial charge on any atom is -0.491 e. The molecule has 0 radical (unpaired) electrons. The Balaban J connectivity index is 1.42. The minimum absolute atomic E-state index is 0.279. The molecule has 1 aromatic carbocycles. The number of likely N-dealkylation sites (tertiary alicyclic amines) is 1. The van der Waals surface area contributed by atoms with E-state index in [0.29, 0.717) is 13.0 Å². The van der Waals surface area contributed by atoms with Crippen molar-refractivity contribution >= 4 is 0 Å². The van der Waals surface area contributed by atoms with E-state index in [1.54, 1.807) is 0 Å². The number of nitrogens with one attached hydrogen (secondary N) is 1. The summed E-state index contributed by atoms with van der Waals surface area (Å²) >= 11 is 0. The number of piperidine rings is 1. The number of nitrogens with zero attached hydrogens (tertiary/aromatic N) is 2. The summed E-state index contributed by atoms with van der Waals surface area (Å²) in [4.78, 5) is 2.73. The van der Waals surface area contributed by atoms with Gasteiger partial charge in [-0.05, 0) is 56.5 Å². The van der Waals surface area contributed by atoms with E-state index < -0.39 is 6.10 Å². The van der Waals surface area contributed by atoms with Crippen molar-refractivity contribution in [3.8, 4) is 11.8 Å². The molecule has 0 bridgehead atoms. The summed E-state index contributed by atoms with van der Waals surface area (Å²) in [5.41, 5.74) is 1.27. The fourth-order valence-corrected chi connectivity index (χ4v) is 4.70. The number of nitriles is 1. The molecule has 5 nitrogen and oxygen atoms in total. The number of rotatable bonds is 9. The summed E-state index contributed by atoms with van der Waals surface area (Å²) in [5.74, 6) is 0.734. The molecule has 3 rings (SSSR count). The van der Waals surface area contributed by atoms with E-state index in [4.69, 9.17) is 10.00 Å². The molecule has 28 heavy (non-hydrogen) atoms. The highest BCUT2D eigenvalue weighted by atomic mass is 16.5. The maximum Gasteiger partial charge on any atom is 0.119 e. The fraction of sp³-hybridized carbons (Fsp3) is 0.696. The minimum atomic E-state index is -0.527. The van der Waals surface area contributed by atoms with Crippen molar-refractivity contribution in [2.24, 2.45) is 0 Å². The summed E-state index contributed by atoms with van der Waals surface area (Å²) in [6, 6.07) is 9.66. The highest BCUT2D eigenvalue weighted by Gasteiger charge is 2.37. The van der Waals surface area contributed by atoms with Crippen LogP contribution in [0.25, 0.3) is 0 Å². The monoisotopic (exact) mass is 385 g/mol. The number of hydrogen-bond donors (Lipinski definition) is 2. The first-order valence-corrected chi connectivity index (χ1v) is 10.9. The Bertz CT molecular complexity index is 614. The zero-order valence-electron chi connectivity index (χ0n) is 17.0. The van der Waals surface area contributed by atoms with Crippen LogP contribution in [0.5, 0.6) is 5.75 Å². The molecule has 0 unspecified atom stereocenters. The van der Waals surface area contributed by atoms with Crippen LogP contribution >= 0.6 is 0 Å². The van der Waals surface area contributed by atoms with Crippen molar-refractivity contribution in [3.63, 3.8) is 0 Å². The van der Waals surface area contributed by atoms with Gasteiger partial charge in [0.05, 0.1) is 12.5 Å². The lowest BCUT2D eigenvalue weighted by atomic mass is 9.79. The second-order valence-corrected chi connectivity index (χ2v) is 8.41. The van der Waals surface area contributed by atoms with Crippen molar-refractivity contribution in [1.29, 1.82) is 5.26 Å². The summed E-state index contributed by atoms with van der Waals surface area (Å²) in [7, 11) is 0. The molecule has 0 amide bonds. The third kappa shape index (κ3) is 5.94. The third-order valence-corrected chi connectivity index (χ3v) is 6.29. The zero-order chi connectivity index (χ0) is 19.7. The van der Waals surface area contributed by atoms with E-state index in [2.05, 4.69) is 16.3 Å². The Morgan fingerprint density at radius 2 is 1.75 bits per heavy atom. The number of benzene rings is 1. The molecule has 1 aliphatic heterocycles. The van der Waals surface area contributed by atoms with Gasteiger partial charge in [-0.15, -0.1) is 0 Å². The van der Waals surface area contributed by atoms with Crippen LogP contribution in [-0.4, -0.2) is 54.4 Å². The number of ether oxygens (including phenoxy) is 1. The van der Waals surface area contributed by atoms with Gasteiger partial charge in [0, 0.05) is 18.6 Å². The quantitative estimate of drug-likeness (QED) is 0.683. The SMILES string of the molecule is N#CCc1ccc(OC[C@H](O)CNCC2(N3CCCCC3)CCCCC2)cc1. The number of hydrogen-bond acceptors (Lipinski definition) is 5. The smallest absolute Gasteiger partial charge is 0.119 e. The highest BCUT2D eigenvalue weighted by molar-refractivity contribution is 5.28. The molecule has 5 heteroatoms. The van der Waals surface area contributed by atoms with Gasteiger partial charge in [0.25, 0.3) is 0 Å². The average Bonchev–Trinajstić information content (AvgIpc) is 2.75. The number of aliphatic hydroxyl groups is 1. The molecule has 2 N–H and O–H groups in total. The molecule has 1 atom stereocenters. The Kier molecular flexibility index (Phi) is 8.14. The molecule has 2 fully saturated rings. The van der Waals surface area contributed by atoms with Crippen molar-refractivity contribution in [2.45, 2.75) is 69.4 Å². The fourth-order valence-electron chi connectivity index (χ4n) is 4.70. The topological polar surface area (TPSA) is 68.5 Å².